The number of amides is 2. The fourth-order valence-corrected chi connectivity index (χ4v) is 6.21. The van der Waals surface area contributed by atoms with E-state index in [1.807, 2.05) is 31.2 Å². The zero-order valence-corrected chi connectivity index (χ0v) is 20.0. The highest BCUT2D eigenvalue weighted by Gasteiger charge is 2.65. The Labute approximate surface area is 205 Å². The Morgan fingerprint density at radius 2 is 1.71 bits per heavy atom. The molecule has 4 atom stereocenters. The van der Waals surface area contributed by atoms with Gasteiger partial charge in [-0.25, -0.2) is 4.79 Å². The molecule has 0 aliphatic heterocycles. The lowest BCUT2D eigenvalue weighted by Gasteiger charge is -2.22. The number of fused-ring (bicyclic) bond motifs is 4. The van der Waals surface area contributed by atoms with Crippen molar-refractivity contribution in [3.05, 3.63) is 59.7 Å². The van der Waals surface area contributed by atoms with Crippen molar-refractivity contribution < 1.29 is 24.2 Å². The summed E-state index contributed by atoms with van der Waals surface area (Å²) in [5.41, 5.74) is 4.23. The quantitative estimate of drug-likeness (QED) is 0.496. The number of benzene rings is 2. The molecule has 0 aromatic heterocycles. The largest absolute Gasteiger partial charge is 0.481 e. The molecule has 3 N–H and O–H groups in total. The Hall–Kier alpha value is -3.35. The molecule has 0 spiro atoms. The minimum atomic E-state index is -0.908. The van der Waals surface area contributed by atoms with Gasteiger partial charge in [0.15, 0.2) is 0 Å². The van der Waals surface area contributed by atoms with Gasteiger partial charge in [0, 0.05) is 18.0 Å². The van der Waals surface area contributed by atoms with E-state index in [2.05, 4.69) is 34.9 Å². The number of ether oxygens (including phenoxy) is 1. The monoisotopic (exact) mass is 476 g/mol. The number of hydrogen-bond donors (Lipinski definition) is 3. The van der Waals surface area contributed by atoms with Crippen LogP contribution in [-0.4, -0.2) is 41.8 Å². The van der Waals surface area contributed by atoms with E-state index in [0.717, 1.165) is 19.3 Å². The summed E-state index contributed by atoms with van der Waals surface area (Å²) in [7, 11) is 0. The first kappa shape index (κ1) is 23.4. The Morgan fingerprint density at radius 1 is 1.06 bits per heavy atom. The average molecular weight is 477 g/mol. The molecule has 7 heteroatoms. The van der Waals surface area contributed by atoms with Gasteiger partial charge >= 0.3 is 12.1 Å². The second-order valence-corrected chi connectivity index (χ2v) is 10.2. The van der Waals surface area contributed by atoms with Crippen molar-refractivity contribution in [3.63, 3.8) is 0 Å². The highest BCUT2D eigenvalue weighted by atomic mass is 16.5. The summed E-state index contributed by atoms with van der Waals surface area (Å²) >= 11 is 0. The predicted molar refractivity (Wildman–Crippen MR) is 131 cm³/mol. The van der Waals surface area contributed by atoms with Crippen molar-refractivity contribution >= 4 is 18.0 Å². The number of carboxylic acid groups (broad SMARTS) is 1. The maximum atomic E-state index is 13.0. The highest BCUT2D eigenvalue weighted by molar-refractivity contribution is 5.87. The first-order valence-electron chi connectivity index (χ1n) is 12.6. The molecule has 1 unspecified atom stereocenters. The van der Waals surface area contributed by atoms with Gasteiger partial charge in [-0.2, -0.15) is 0 Å². The van der Waals surface area contributed by atoms with Crippen LogP contribution in [0, 0.1) is 11.3 Å². The molecule has 2 aromatic carbocycles. The topological polar surface area (TPSA) is 105 Å². The van der Waals surface area contributed by atoms with Crippen molar-refractivity contribution in [2.75, 3.05) is 6.61 Å². The molecule has 0 bridgehead atoms. The standard InChI is InChI=1S/C28H32N2O5/c1-2-7-18(13-25(31)32)29-26(33)28-14-17(28)12-19(15-28)30-27(34)35-16-24-22-10-5-3-8-20(22)21-9-4-6-11-23(21)24/h3-6,8-11,17-19,24H,2,7,12-16H2,1H3,(H,29,33)(H,30,34)(H,31,32)/t17-,18?,19+,28+/m0/s1. The molecular weight excluding hydrogens is 444 g/mol. The van der Waals surface area contributed by atoms with Gasteiger partial charge in [0.05, 0.1) is 11.8 Å². The summed E-state index contributed by atoms with van der Waals surface area (Å²) in [6.45, 7) is 2.23. The summed E-state index contributed by atoms with van der Waals surface area (Å²) in [5, 5.41) is 15.1. The average Bonchev–Trinajstić information content (AvgIpc) is 3.26. The summed E-state index contributed by atoms with van der Waals surface area (Å²) in [4.78, 5) is 36.8. The molecule has 3 aliphatic rings. The van der Waals surface area contributed by atoms with Gasteiger partial charge in [-0.05, 0) is 53.9 Å². The number of rotatable bonds is 9. The minimum absolute atomic E-state index is 0.00647. The van der Waals surface area contributed by atoms with Crippen LogP contribution >= 0.6 is 0 Å². The van der Waals surface area contributed by atoms with Crippen LogP contribution in [-0.2, 0) is 14.3 Å². The fraction of sp³-hybridized carbons (Fsp3) is 0.464. The predicted octanol–water partition coefficient (Wildman–Crippen LogP) is 4.45. The molecule has 2 fully saturated rings. The Kier molecular flexibility index (Phi) is 6.26. The van der Waals surface area contributed by atoms with Crippen LogP contribution in [0.25, 0.3) is 11.1 Å². The van der Waals surface area contributed by atoms with Gasteiger partial charge in [-0.15, -0.1) is 0 Å². The number of aliphatic carboxylic acids is 1. The van der Waals surface area contributed by atoms with E-state index in [4.69, 9.17) is 9.84 Å². The number of hydrogen-bond acceptors (Lipinski definition) is 4. The summed E-state index contributed by atoms with van der Waals surface area (Å²) in [5.74, 6) is -0.741. The molecule has 3 aliphatic carbocycles. The van der Waals surface area contributed by atoms with E-state index >= 15 is 0 Å². The maximum Gasteiger partial charge on any atom is 0.407 e. The Balaban J connectivity index is 1.15. The van der Waals surface area contributed by atoms with Crippen LogP contribution < -0.4 is 10.6 Å². The first-order chi connectivity index (χ1) is 16.9. The van der Waals surface area contributed by atoms with Crippen LogP contribution in [0.3, 0.4) is 0 Å². The van der Waals surface area contributed by atoms with E-state index in [0.29, 0.717) is 12.8 Å². The normalized spacial score (nSPS) is 24.6. The molecule has 0 radical (unpaired) electrons. The molecule has 0 heterocycles. The van der Waals surface area contributed by atoms with Gasteiger partial charge in [-0.3, -0.25) is 9.59 Å². The first-order valence-corrected chi connectivity index (χ1v) is 12.6. The van der Waals surface area contributed by atoms with Crippen LogP contribution in [0.15, 0.2) is 48.5 Å². The van der Waals surface area contributed by atoms with Gasteiger partial charge in [-0.1, -0.05) is 61.9 Å². The lowest BCUT2D eigenvalue weighted by atomic mass is 9.98. The number of carboxylic acids is 1. The van der Waals surface area contributed by atoms with Crippen molar-refractivity contribution in [2.24, 2.45) is 11.3 Å². The van der Waals surface area contributed by atoms with Crippen molar-refractivity contribution in [1.29, 1.82) is 0 Å². The number of alkyl carbamates (subject to hydrolysis) is 1. The van der Waals surface area contributed by atoms with Gasteiger partial charge < -0.3 is 20.5 Å². The zero-order chi connectivity index (χ0) is 24.6. The van der Waals surface area contributed by atoms with Crippen LogP contribution in [0.5, 0.6) is 0 Å². The van der Waals surface area contributed by atoms with Crippen molar-refractivity contribution in [2.45, 2.75) is 63.5 Å². The third kappa shape index (κ3) is 4.51. The fourth-order valence-electron chi connectivity index (χ4n) is 6.21. The lowest BCUT2D eigenvalue weighted by Crippen LogP contribution is -2.42. The maximum absolute atomic E-state index is 13.0. The van der Waals surface area contributed by atoms with Crippen LogP contribution in [0.1, 0.15) is 62.5 Å². The molecule has 2 saturated carbocycles. The zero-order valence-electron chi connectivity index (χ0n) is 20.0. The molecule has 2 aromatic rings. The second-order valence-electron chi connectivity index (χ2n) is 10.2. The Bertz CT molecular complexity index is 1100. The third-order valence-corrected chi connectivity index (χ3v) is 7.92. The molecule has 2 amide bonds. The molecular formula is C28H32N2O5. The molecule has 5 rings (SSSR count). The Morgan fingerprint density at radius 3 is 2.34 bits per heavy atom. The number of carbonyl (C=O) groups excluding carboxylic acids is 2. The van der Waals surface area contributed by atoms with E-state index in [1.165, 1.54) is 22.3 Å². The minimum Gasteiger partial charge on any atom is -0.481 e. The van der Waals surface area contributed by atoms with Gasteiger partial charge in [0.1, 0.15) is 6.61 Å². The molecule has 0 saturated heterocycles. The van der Waals surface area contributed by atoms with Gasteiger partial charge in [0.2, 0.25) is 5.91 Å². The van der Waals surface area contributed by atoms with E-state index in [1.54, 1.807) is 0 Å². The second kappa shape index (κ2) is 9.36. The van der Waals surface area contributed by atoms with Crippen LogP contribution in [0.2, 0.25) is 0 Å². The number of carbonyl (C=O) groups is 3. The van der Waals surface area contributed by atoms with E-state index in [9.17, 15) is 14.4 Å². The smallest absolute Gasteiger partial charge is 0.407 e. The summed E-state index contributed by atoms with van der Waals surface area (Å²) in [6, 6.07) is 16.0. The summed E-state index contributed by atoms with van der Waals surface area (Å²) < 4.78 is 5.67. The SMILES string of the molecule is CCCC(CC(=O)O)NC(=O)[C@]12C[C@H](NC(=O)OCC3c4ccccc4-c4ccccc43)C[C@H]1C2. The molecule has 184 valence electrons. The third-order valence-electron chi connectivity index (χ3n) is 7.92. The molecule has 35 heavy (non-hydrogen) atoms. The van der Waals surface area contributed by atoms with Crippen molar-refractivity contribution in [1.82, 2.24) is 10.6 Å². The van der Waals surface area contributed by atoms with E-state index in [-0.39, 0.29) is 42.9 Å². The van der Waals surface area contributed by atoms with E-state index < -0.39 is 17.5 Å². The number of nitrogens with one attached hydrogen (secondary N) is 2. The highest BCUT2D eigenvalue weighted by Crippen LogP contribution is 2.63. The van der Waals surface area contributed by atoms with Gasteiger partial charge in [0.25, 0.3) is 0 Å². The lowest BCUT2D eigenvalue weighted by molar-refractivity contribution is -0.138. The van der Waals surface area contributed by atoms with Crippen molar-refractivity contribution in [3.8, 4) is 11.1 Å². The summed E-state index contributed by atoms with van der Waals surface area (Å²) in [6.07, 6.45) is 3.04. The van der Waals surface area contributed by atoms with Crippen LogP contribution in [0.4, 0.5) is 4.79 Å². The molecule has 7 nitrogen and oxygen atoms in total.